The predicted molar refractivity (Wildman–Crippen MR) is 142 cm³/mol. The van der Waals surface area contributed by atoms with E-state index in [4.69, 9.17) is 0 Å². The third-order valence-corrected chi connectivity index (χ3v) is 7.02. The first kappa shape index (κ1) is 27.0. The van der Waals surface area contributed by atoms with Crippen LogP contribution in [0.25, 0.3) is 0 Å². The predicted octanol–water partition coefficient (Wildman–Crippen LogP) is 4.02. The van der Waals surface area contributed by atoms with Crippen LogP contribution >= 0.6 is 0 Å². The minimum Gasteiger partial charge on any atom is -0.406 e. The zero-order valence-corrected chi connectivity index (χ0v) is 21.6. The maximum absolute atomic E-state index is 13.5. The summed E-state index contributed by atoms with van der Waals surface area (Å²) in [6, 6.07) is 20.4. The topological polar surface area (TPSA) is 91.0 Å². The van der Waals surface area contributed by atoms with Gasteiger partial charge < -0.3 is 25.2 Å². The van der Waals surface area contributed by atoms with E-state index >= 15 is 0 Å². The summed E-state index contributed by atoms with van der Waals surface area (Å²) in [5, 5.41) is 5.68. The maximum Gasteiger partial charge on any atom is 0.573 e. The number of hydrogen-bond acceptors (Lipinski definition) is 5. The van der Waals surface area contributed by atoms with E-state index in [1.807, 2.05) is 17.0 Å². The minimum atomic E-state index is -4.79. The molecule has 0 radical (unpaired) electrons. The average molecular weight is 553 g/mol. The molecule has 208 valence electrons. The number of halogens is 3. The van der Waals surface area contributed by atoms with Crippen molar-refractivity contribution in [2.24, 2.45) is 0 Å². The highest BCUT2D eigenvalue weighted by Crippen LogP contribution is 2.37. The van der Waals surface area contributed by atoms with Crippen molar-refractivity contribution in [3.63, 3.8) is 0 Å². The molecule has 1 saturated carbocycles. The molecule has 11 heteroatoms. The number of para-hydroxylation sites is 2. The van der Waals surface area contributed by atoms with Crippen molar-refractivity contribution >= 4 is 29.1 Å². The Morgan fingerprint density at radius 1 is 0.950 bits per heavy atom. The van der Waals surface area contributed by atoms with Gasteiger partial charge in [0.15, 0.2) is 0 Å². The number of fused-ring (bicyclic) bond motifs is 1. The molecule has 1 heterocycles. The Labute approximate surface area is 228 Å². The molecule has 5 rings (SSSR count). The van der Waals surface area contributed by atoms with E-state index in [0.717, 1.165) is 5.69 Å². The number of nitrogens with one attached hydrogen (secondary N) is 2. The number of rotatable bonds is 7. The molecule has 2 N–H and O–H groups in total. The number of ether oxygens (including phenoxy) is 1. The Morgan fingerprint density at radius 3 is 2.20 bits per heavy atom. The van der Waals surface area contributed by atoms with Crippen LogP contribution in [0.15, 0.2) is 78.9 Å². The van der Waals surface area contributed by atoms with E-state index < -0.39 is 23.9 Å². The minimum absolute atomic E-state index is 0.107. The van der Waals surface area contributed by atoms with Crippen molar-refractivity contribution in [3.8, 4) is 5.75 Å². The Kier molecular flexibility index (Phi) is 7.14. The summed E-state index contributed by atoms with van der Waals surface area (Å²) in [5.41, 5.74) is 1.37. The summed E-state index contributed by atoms with van der Waals surface area (Å²) < 4.78 is 41.7. The molecule has 8 nitrogen and oxygen atoms in total. The first-order chi connectivity index (χ1) is 19.0. The molecule has 0 bridgehead atoms. The molecule has 0 aromatic heterocycles. The molecule has 3 amide bonds. The number of carbonyl (C=O) groups excluding carboxylic acids is 3. The van der Waals surface area contributed by atoms with Crippen LogP contribution in [0.2, 0.25) is 0 Å². The van der Waals surface area contributed by atoms with Crippen LogP contribution in [0, 0.1) is 0 Å². The lowest BCUT2D eigenvalue weighted by Gasteiger charge is -2.28. The molecule has 2 aliphatic rings. The molecule has 1 aliphatic heterocycles. The summed E-state index contributed by atoms with van der Waals surface area (Å²) in [7, 11) is 1.62. The van der Waals surface area contributed by atoms with Gasteiger partial charge in [-0.1, -0.05) is 42.5 Å². The van der Waals surface area contributed by atoms with Crippen molar-refractivity contribution in [1.82, 2.24) is 10.6 Å². The smallest absolute Gasteiger partial charge is 0.406 e. The highest BCUT2D eigenvalue weighted by atomic mass is 19.4. The van der Waals surface area contributed by atoms with Gasteiger partial charge in [-0.05, 0) is 54.8 Å². The van der Waals surface area contributed by atoms with Gasteiger partial charge in [0, 0.05) is 25.7 Å². The fourth-order valence-electron chi connectivity index (χ4n) is 4.75. The van der Waals surface area contributed by atoms with Gasteiger partial charge in [-0.15, -0.1) is 13.2 Å². The number of alkyl halides is 3. The highest BCUT2D eigenvalue weighted by molar-refractivity contribution is 6.05. The van der Waals surface area contributed by atoms with E-state index in [9.17, 15) is 27.6 Å². The number of amides is 3. The third kappa shape index (κ3) is 5.88. The van der Waals surface area contributed by atoms with Crippen LogP contribution in [0.3, 0.4) is 0 Å². The van der Waals surface area contributed by atoms with Crippen molar-refractivity contribution < 1.29 is 32.3 Å². The molecule has 0 spiro atoms. The molecule has 1 atom stereocenters. The Hall–Kier alpha value is -4.54. The standard InChI is InChI=1S/C29H27F3N4O4/c1-35-23-9-5-6-10-24(23)36(17-19-11-13-21(14-12-19)40-29(30,31)32)18-22(26(35)38)33-27(39)28(15-16-28)34-25(37)20-7-3-2-4-8-20/h2-14,22H,15-18H2,1H3,(H,33,39)(H,34,37)/t22-/m1/s1. The van der Waals surface area contributed by atoms with Gasteiger partial charge in [0.1, 0.15) is 17.3 Å². The second-order valence-corrected chi connectivity index (χ2v) is 9.89. The summed E-state index contributed by atoms with van der Waals surface area (Å²) in [4.78, 5) is 43.0. The van der Waals surface area contributed by atoms with Gasteiger partial charge >= 0.3 is 6.36 Å². The molecule has 1 fully saturated rings. The summed E-state index contributed by atoms with van der Waals surface area (Å²) in [5.74, 6) is -1.48. The van der Waals surface area contributed by atoms with Crippen LogP contribution < -0.4 is 25.2 Å². The van der Waals surface area contributed by atoms with Gasteiger partial charge in [0.25, 0.3) is 11.8 Å². The zero-order valence-electron chi connectivity index (χ0n) is 21.6. The number of benzene rings is 3. The molecular formula is C29H27F3N4O4. The van der Waals surface area contributed by atoms with Crippen LogP contribution in [0.5, 0.6) is 5.75 Å². The number of carbonyl (C=O) groups is 3. The fourth-order valence-corrected chi connectivity index (χ4v) is 4.75. The van der Waals surface area contributed by atoms with Crippen molar-refractivity contribution in [3.05, 3.63) is 90.0 Å². The van der Waals surface area contributed by atoms with Gasteiger partial charge in [0.2, 0.25) is 5.91 Å². The second-order valence-electron chi connectivity index (χ2n) is 9.89. The first-order valence-electron chi connectivity index (χ1n) is 12.7. The number of anilines is 2. The summed E-state index contributed by atoms with van der Waals surface area (Å²) in [6.07, 6.45) is -3.89. The molecule has 3 aromatic carbocycles. The van der Waals surface area contributed by atoms with E-state index in [1.54, 1.807) is 49.5 Å². The molecular weight excluding hydrogens is 525 g/mol. The lowest BCUT2D eigenvalue weighted by Crippen LogP contribution is -2.57. The van der Waals surface area contributed by atoms with Gasteiger partial charge in [-0.3, -0.25) is 14.4 Å². The van der Waals surface area contributed by atoms with Gasteiger partial charge in [-0.25, -0.2) is 0 Å². The van der Waals surface area contributed by atoms with Crippen LogP contribution in [0.1, 0.15) is 28.8 Å². The normalized spacial score (nSPS) is 17.9. The molecule has 3 aromatic rings. The van der Waals surface area contributed by atoms with Gasteiger partial charge in [0.05, 0.1) is 11.4 Å². The van der Waals surface area contributed by atoms with Crippen molar-refractivity contribution in [2.75, 3.05) is 23.4 Å². The number of nitrogens with zero attached hydrogens (tertiary/aromatic N) is 2. The lowest BCUT2D eigenvalue weighted by atomic mass is 10.1. The average Bonchev–Trinajstić information content (AvgIpc) is 3.73. The largest absolute Gasteiger partial charge is 0.573 e. The zero-order chi connectivity index (χ0) is 28.5. The van der Waals surface area contributed by atoms with Crippen molar-refractivity contribution in [2.45, 2.75) is 37.3 Å². The molecule has 40 heavy (non-hydrogen) atoms. The Balaban J connectivity index is 1.35. The van der Waals surface area contributed by atoms with E-state index in [-0.39, 0.29) is 30.7 Å². The maximum atomic E-state index is 13.5. The fraction of sp³-hybridized carbons (Fsp3) is 0.276. The quantitative estimate of drug-likeness (QED) is 0.462. The molecule has 0 saturated heterocycles. The SMILES string of the molecule is CN1C(=O)[C@H](NC(=O)C2(NC(=O)c3ccccc3)CC2)CN(Cc2ccc(OC(F)(F)F)cc2)c2ccccc21. The number of hydrogen-bond donors (Lipinski definition) is 2. The Morgan fingerprint density at radius 2 is 1.57 bits per heavy atom. The third-order valence-electron chi connectivity index (χ3n) is 7.02. The van der Waals surface area contributed by atoms with Crippen molar-refractivity contribution in [1.29, 1.82) is 0 Å². The van der Waals surface area contributed by atoms with Crippen LogP contribution in [0.4, 0.5) is 24.5 Å². The van der Waals surface area contributed by atoms with Crippen LogP contribution in [-0.4, -0.2) is 49.3 Å². The monoisotopic (exact) mass is 552 g/mol. The summed E-state index contributed by atoms with van der Waals surface area (Å²) in [6.45, 7) is 0.363. The highest BCUT2D eigenvalue weighted by Gasteiger charge is 2.52. The first-order valence-corrected chi connectivity index (χ1v) is 12.7. The van der Waals surface area contributed by atoms with E-state index in [1.165, 1.54) is 29.2 Å². The summed E-state index contributed by atoms with van der Waals surface area (Å²) >= 11 is 0. The molecule has 0 unspecified atom stereocenters. The van der Waals surface area contributed by atoms with E-state index in [2.05, 4.69) is 15.4 Å². The van der Waals surface area contributed by atoms with Crippen LogP contribution in [-0.2, 0) is 16.1 Å². The van der Waals surface area contributed by atoms with Gasteiger partial charge in [-0.2, -0.15) is 0 Å². The van der Waals surface area contributed by atoms with E-state index in [0.29, 0.717) is 29.7 Å². The Bertz CT molecular complexity index is 1410. The molecule has 1 aliphatic carbocycles. The number of likely N-dealkylation sites (N-methyl/N-ethyl adjacent to an activating group) is 1. The second kappa shape index (κ2) is 10.6. The lowest BCUT2D eigenvalue weighted by molar-refractivity contribution is -0.274.